The third-order valence-corrected chi connectivity index (χ3v) is 3.34. The number of benzene rings is 1. The third-order valence-electron chi connectivity index (χ3n) is 3.34. The second kappa shape index (κ2) is 5.48. The summed E-state index contributed by atoms with van der Waals surface area (Å²) in [7, 11) is 0. The molecule has 98 valence electrons. The molecule has 1 atom stereocenters. The highest BCUT2D eigenvalue weighted by Gasteiger charge is 2.24. The quantitative estimate of drug-likeness (QED) is 0.471. The van der Waals surface area contributed by atoms with Gasteiger partial charge in [-0.15, -0.1) is 0 Å². The standard InChI is InChI=1S/C13H13N3O3/c14-8-10-7-11(4-5-13(10)16(18)19)15-6-2-1-3-12(15)9-17/h4-5,7,9,12H,1-3,6H2. The lowest BCUT2D eigenvalue weighted by Crippen LogP contribution is -2.40. The number of anilines is 1. The van der Waals surface area contributed by atoms with Gasteiger partial charge in [0.1, 0.15) is 17.9 Å². The van der Waals surface area contributed by atoms with E-state index in [2.05, 4.69) is 0 Å². The van der Waals surface area contributed by atoms with Crippen LogP contribution in [-0.2, 0) is 4.79 Å². The molecule has 19 heavy (non-hydrogen) atoms. The Balaban J connectivity index is 2.37. The van der Waals surface area contributed by atoms with E-state index < -0.39 is 4.92 Å². The van der Waals surface area contributed by atoms with E-state index in [1.165, 1.54) is 12.1 Å². The van der Waals surface area contributed by atoms with Gasteiger partial charge in [0.2, 0.25) is 0 Å². The summed E-state index contributed by atoms with van der Waals surface area (Å²) in [6.07, 6.45) is 3.65. The molecule has 0 saturated carbocycles. The average Bonchev–Trinajstić information content (AvgIpc) is 2.46. The number of aldehydes is 1. The summed E-state index contributed by atoms with van der Waals surface area (Å²) in [6.45, 7) is 0.728. The number of hydrogen-bond donors (Lipinski definition) is 0. The summed E-state index contributed by atoms with van der Waals surface area (Å²) >= 11 is 0. The van der Waals surface area contributed by atoms with Gasteiger partial charge in [0.25, 0.3) is 5.69 Å². The maximum absolute atomic E-state index is 11.1. The second-order valence-corrected chi connectivity index (χ2v) is 4.46. The van der Waals surface area contributed by atoms with E-state index >= 15 is 0 Å². The lowest BCUT2D eigenvalue weighted by molar-refractivity contribution is -0.385. The van der Waals surface area contributed by atoms with E-state index in [0.29, 0.717) is 5.69 Å². The van der Waals surface area contributed by atoms with E-state index in [-0.39, 0.29) is 17.3 Å². The first kappa shape index (κ1) is 13.0. The molecule has 1 heterocycles. The molecular weight excluding hydrogens is 246 g/mol. The fourth-order valence-corrected chi connectivity index (χ4v) is 2.37. The van der Waals surface area contributed by atoms with Gasteiger partial charge in [0, 0.05) is 18.3 Å². The Bertz CT molecular complexity index is 551. The Morgan fingerprint density at radius 2 is 2.26 bits per heavy atom. The highest BCUT2D eigenvalue weighted by molar-refractivity contribution is 5.68. The van der Waals surface area contributed by atoms with Gasteiger partial charge >= 0.3 is 0 Å². The Morgan fingerprint density at radius 3 is 2.89 bits per heavy atom. The van der Waals surface area contributed by atoms with Crippen molar-refractivity contribution in [2.45, 2.75) is 25.3 Å². The lowest BCUT2D eigenvalue weighted by Gasteiger charge is -2.34. The van der Waals surface area contributed by atoms with Gasteiger partial charge in [-0.05, 0) is 31.4 Å². The van der Waals surface area contributed by atoms with Crippen molar-refractivity contribution >= 4 is 17.7 Å². The highest BCUT2D eigenvalue weighted by atomic mass is 16.6. The molecule has 1 aliphatic rings. The van der Waals surface area contributed by atoms with Crippen LogP contribution >= 0.6 is 0 Å². The summed E-state index contributed by atoms with van der Waals surface area (Å²) in [4.78, 5) is 23.2. The van der Waals surface area contributed by atoms with Crippen LogP contribution in [0.2, 0.25) is 0 Å². The van der Waals surface area contributed by atoms with Crippen LogP contribution in [0.5, 0.6) is 0 Å². The zero-order chi connectivity index (χ0) is 13.8. The van der Waals surface area contributed by atoms with Gasteiger partial charge in [0.15, 0.2) is 0 Å². The normalized spacial score (nSPS) is 18.7. The van der Waals surface area contributed by atoms with Crippen molar-refractivity contribution in [3.05, 3.63) is 33.9 Å². The van der Waals surface area contributed by atoms with Crippen LogP contribution in [0.25, 0.3) is 0 Å². The SMILES string of the molecule is N#Cc1cc(N2CCCCC2C=O)ccc1[N+](=O)[O-]. The predicted octanol–water partition coefficient (Wildman–Crippen LogP) is 2.02. The van der Waals surface area contributed by atoms with Gasteiger partial charge in [-0.2, -0.15) is 5.26 Å². The third kappa shape index (κ3) is 2.55. The number of nitriles is 1. The van der Waals surface area contributed by atoms with Crippen molar-refractivity contribution in [1.82, 2.24) is 0 Å². The molecule has 1 aromatic carbocycles. The van der Waals surface area contributed by atoms with Gasteiger partial charge in [-0.1, -0.05) is 0 Å². The summed E-state index contributed by atoms with van der Waals surface area (Å²) in [5, 5.41) is 19.7. The summed E-state index contributed by atoms with van der Waals surface area (Å²) in [5.74, 6) is 0. The van der Waals surface area contributed by atoms with E-state index in [4.69, 9.17) is 5.26 Å². The highest BCUT2D eigenvalue weighted by Crippen LogP contribution is 2.28. The molecule has 1 unspecified atom stereocenters. The lowest BCUT2D eigenvalue weighted by atomic mass is 10.0. The van der Waals surface area contributed by atoms with E-state index in [9.17, 15) is 14.9 Å². The zero-order valence-electron chi connectivity index (χ0n) is 10.3. The number of carbonyl (C=O) groups excluding carboxylic acids is 1. The summed E-state index contributed by atoms with van der Waals surface area (Å²) in [6, 6.07) is 6.03. The summed E-state index contributed by atoms with van der Waals surface area (Å²) in [5.41, 5.74) is 0.516. The van der Waals surface area contributed by atoms with Gasteiger partial charge in [-0.3, -0.25) is 10.1 Å². The van der Waals surface area contributed by atoms with E-state index in [0.717, 1.165) is 32.1 Å². The Labute approximate surface area is 110 Å². The number of nitrogens with zero attached hydrogens (tertiary/aromatic N) is 3. The minimum atomic E-state index is -0.574. The van der Waals surface area contributed by atoms with Crippen LogP contribution in [0.3, 0.4) is 0 Å². The molecule has 6 heteroatoms. The van der Waals surface area contributed by atoms with Crippen molar-refractivity contribution in [2.24, 2.45) is 0 Å². The van der Waals surface area contributed by atoms with Crippen LogP contribution < -0.4 is 4.90 Å². The monoisotopic (exact) mass is 259 g/mol. The van der Waals surface area contributed by atoms with E-state index in [1.807, 2.05) is 11.0 Å². The first-order chi connectivity index (χ1) is 9.17. The van der Waals surface area contributed by atoms with Gasteiger partial charge < -0.3 is 9.69 Å². The molecule has 1 saturated heterocycles. The molecule has 1 fully saturated rings. The molecule has 0 N–H and O–H groups in total. The summed E-state index contributed by atoms with van der Waals surface area (Å²) < 4.78 is 0. The van der Waals surface area contributed by atoms with Crippen LogP contribution in [0, 0.1) is 21.4 Å². The van der Waals surface area contributed by atoms with Crippen molar-refractivity contribution in [3.8, 4) is 6.07 Å². The number of nitro benzene ring substituents is 1. The average molecular weight is 259 g/mol. The topological polar surface area (TPSA) is 87.2 Å². The molecule has 0 bridgehead atoms. The molecule has 0 aromatic heterocycles. The number of hydrogen-bond acceptors (Lipinski definition) is 5. The van der Waals surface area contributed by atoms with Crippen molar-refractivity contribution in [1.29, 1.82) is 5.26 Å². The minimum Gasteiger partial charge on any atom is -0.362 e. The van der Waals surface area contributed by atoms with Crippen molar-refractivity contribution in [3.63, 3.8) is 0 Å². The Morgan fingerprint density at radius 1 is 1.47 bits per heavy atom. The zero-order valence-corrected chi connectivity index (χ0v) is 10.3. The van der Waals surface area contributed by atoms with Crippen molar-refractivity contribution in [2.75, 3.05) is 11.4 Å². The molecular formula is C13H13N3O3. The molecule has 0 spiro atoms. The molecule has 6 nitrogen and oxygen atoms in total. The second-order valence-electron chi connectivity index (χ2n) is 4.46. The molecule has 0 amide bonds. The van der Waals surface area contributed by atoms with Gasteiger partial charge in [0.05, 0.1) is 11.0 Å². The number of rotatable bonds is 3. The molecule has 1 aliphatic heterocycles. The molecule has 1 aromatic rings. The first-order valence-corrected chi connectivity index (χ1v) is 6.08. The van der Waals surface area contributed by atoms with Crippen LogP contribution in [0.4, 0.5) is 11.4 Å². The number of piperidine rings is 1. The first-order valence-electron chi connectivity index (χ1n) is 6.08. The Kier molecular flexibility index (Phi) is 3.76. The fourth-order valence-electron chi connectivity index (χ4n) is 2.37. The van der Waals surface area contributed by atoms with Crippen LogP contribution in [0.15, 0.2) is 18.2 Å². The van der Waals surface area contributed by atoms with Crippen LogP contribution in [-0.4, -0.2) is 23.8 Å². The number of carbonyl (C=O) groups is 1. The largest absolute Gasteiger partial charge is 0.362 e. The fraction of sp³-hybridized carbons (Fsp3) is 0.385. The molecule has 0 radical (unpaired) electrons. The minimum absolute atomic E-state index is 0.0257. The van der Waals surface area contributed by atoms with Crippen LogP contribution in [0.1, 0.15) is 24.8 Å². The molecule has 0 aliphatic carbocycles. The maximum Gasteiger partial charge on any atom is 0.287 e. The molecule has 2 rings (SSSR count). The van der Waals surface area contributed by atoms with E-state index in [1.54, 1.807) is 6.07 Å². The predicted molar refractivity (Wildman–Crippen MR) is 68.9 cm³/mol. The van der Waals surface area contributed by atoms with Crippen molar-refractivity contribution < 1.29 is 9.72 Å². The number of nitro groups is 1. The Hall–Kier alpha value is -2.42. The smallest absolute Gasteiger partial charge is 0.287 e. The van der Waals surface area contributed by atoms with Gasteiger partial charge in [-0.25, -0.2) is 0 Å². The maximum atomic E-state index is 11.1.